The Balaban J connectivity index is 3.05. The molecule has 1 aliphatic heterocycles. The second-order valence-corrected chi connectivity index (χ2v) is 7.32. The Hall–Kier alpha value is -2.27. The Kier molecular flexibility index (Phi) is 11.0. The molecule has 0 amide bonds. The summed E-state index contributed by atoms with van der Waals surface area (Å²) in [5, 5.41) is 0. The highest BCUT2D eigenvalue weighted by atomic mass is 19.1. The molecule has 1 unspecified atom stereocenters. The summed E-state index contributed by atoms with van der Waals surface area (Å²) in [5.41, 5.74) is -3.08. The lowest BCUT2D eigenvalue weighted by Gasteiger charge is -2.44. The van der Waals surface area contributed by atoms with Crippen molar-refractivity contribution in [2.24, 2.45) is 5.92 Å². The minimum atomic E-state index is -3.08. The Morgan fingerprint density at radius 3 is 1.84 bits per heavy atom. The fourth-order valence-electron chi connectivity index (χ4n) is 3.42. The van der Waals surface area contributed by atoms with E-state index in [4.69, 9.17) is 18.9 Å². The van der Waals surface area contributed by atoms with Gasteiger partial charge in [-0.05, 0) is 20.3 Å². The predicted molar refractivity (Wildman–Crippen MR) is 107 cm³/mol. The summed E-state index contributed by atoms with van der Waals surface area (Å²) in [7, 11) is 0. The van der Waals surface area contributed by atoms with E-state index >= 15 is 4.39 Å². The zero-order valence-electron chi connectivity index (χ0n) is 19.4. The minimum absolute atomic E-state index is 0.134. The number of ether oxygens (including phenoxy) is 6. The highest BCUT2D eigenvalue weighted by Crippen LogP contribution is 2.33. The summed E-state index contributed by atoms with van der Waals surface area (Å²) < 4.78 is 46.7. The van der Waals surface area contributed by atoms with Crippen LogP contribution in [0.2, 0.25) is 0 Å². The van der Waals surface area contributed by atoms with Crippen molar-refractivity contribution in [1.82, 2.24) is 0 Å². The maximum absolute atomic E-state index is 15.2. The molecule has 10 nitrogen and oxygen atoms in total. The van der Waals surface area contributed by atoms with E-state index in [1.54, 1.807) is 6.92 Å². The van der Waals surface area contributed by atoms with Gasteiger partial charge in [0.25, 0.3) is 0 Å². The molecule has 5 atom stereocenters. The van der Waals surface area contributed by atoms with Gasteiger partial charge in [0, 0.05) is 26.2 Å². The largest absolute Gasteiger partial charge is 0.463 e. The lowest BCUT2D eigenvalue weighted by Crippen LogP contribution is -2.57. The standard InChI is InChI=1S/C21H33FO10/c1-7-15-12(4)16(30-13(5)23)17(31-14(6)24)18(32-15)29-11-10-21(22,19(25)27-8-2)20(26)28-9-3/h12,15-18H,7-11H2,1-6H3/t12-,15+,16-,17+,18?/m0/s1. The fourth-order valence-corrected chi connectivity index (χ4v) is 3.42. The molecule has 1 saturated heterocycles. The molecular weight excluding hydrogens is 431 g/mol. The van der Waals surface area contributed by atoms with Gasteiger partial charge >= 0.3 is 29.5 Å². The monoisotopic (exact) mass is 464 g/mol. The second-order valence-electron chi connectivity index (χ2n) is 7.32. The lowest BCUT2D eigenvalue weighted by molar-refractivity contribution is -0.291. The van der Waals surface area contributed by atoms with Crippen LogP contribution >= 0.6 is 0 Å². The van der Waals surface area contributed by atoms with Crippen molar-refractivity contribution >= 4 is 23.9 Å². The molecule has 1 aliphatic rings. The average molecular weight is 464 g/mol. The molecule has 0 saturated carbocycles. The SMILES string of the molecule is CCOC(=O)C(F)(CCOC1O[C@H](CC)[C@H](C)[C@H](OC(C)=O)[C@H]1OC(C)=O)C(=O)OCC. The Labute approximate surface area is 187 Å². The van der Waals surface area contributed by atoms with Crippen molar-refractivity contribution in [2.75, 3.05) is 19.8 Å². The van der Waals surface area contributed by atoms with Crippen molar-refractivity contribution < 1.29 is 52.0 Å². The molecule has 0 aromatic rings. The zero-order valence-corrected chi connectivity index (χ0v) is 19.4. The third-order valence-electron chi connectivity index (χ3n) is 4.94. The molecule has 11 heteroatoms. The average Bonchev–Trinajstić information content (AvgIpc) is 2.71. The normalized spacial score (nSPS) is 25.5. The topological polar surface area (TPSA) is 124 Å². The van der Waals surface area contributed by atoms with Gasteiger partial charge in [0.1, 0.15) is 6.10 Å². The Bertz CT molecular complexity index is 649. The van der Waals surface area contributed by atoms with Crippen LogP contribution in [0.5, 0.6) is 0 Å². The molecule has 1 heterocycles. The molecule has 32 heavy (non-hydrogen) atoms. The summed E-state index contributed by atoms with van der Waals surface area (Å²) in [6.07, 6.45) is -3.83. The third-order valence-corrected chi connectivity index (χ3v) is 4.94. The highest BCUT2D eigenvalue weighted by Gasteiger charge is 2.51. The van der Waals surface area contributed by atoms with Crippen LogP contribution in [-0.4, -0.2) is 74.0 Å². The first-order valence-electron chi connectivity index (χ1n) is 10.7. The van der Waals surface area contributed by atoms with Gasteiger partial charge < -0.3 is 28.4 Å². The van der Waals surface area contributed by atoms with Gasteiger partial charge in [0.15, 0.2) is 12.4 Å². The molecule has 0 radical (unpaired) electrons. The van der Waals surface area contributed by atoms with Crippen molar-refractivity contribution in [1.29, 1.82) is 0 Å². The van der Waals surface area contributed by atoms with E-state index in [1.807, 2.05) is 6.92 Å². The second kappa shape index (κ2) is 12.7. The van der Waals surface area contributed by atoms with Gasteiger partial charge in [-0.2, -0.15) is 0 Å². The quantitative estimate of drug-likeness (QED) is 0.254. The lowest BCUT2D eigenvalue weighted by atomic mass is 9.89. The molecule has 0 aromatic heterocycles. The van der Waals surface area contributed by atoms with Gasteiger partial charge in [-0.25, -0.2) is 14.0 Å². The van der Waals surface area contributed by atoms with E-state index in [-0.39, 0.29) is 19.1 Å². The van der Waals surface area contributed by atoms with Gasteiger partial charge in [-0.3, -0.25) is 9.59 Å². The van der Waals surface area contributed by atoms with E-state index in [2.05, 4.69) is 9.47 Å². The number of esters is 4. The van der Waals surface area contributed by atoms with Gasteiger partial charge in [-0.15, -0.1) is 0 Å². The summed E-state index contributed by atoms with van der Waals surface area (Å²) in [5.74, 6) is -4.35. The van der Waals surface area contributed by atoms with E-state index in [1.165, 1.54) is 27.7 Å². The van der Waals surface area contributed by atoms with Crippen LogP contribution in [0.15, 0.2) is 0 Å². The van der Waals surface area contributed by atoms with Crippen LogP contribution in [0, 0.1) is 5.92 Å². The van der Waals surface area contributed by atoms with E-state index in [0.717, 1.165) is 0 Å². The first-order valence-corrected chi connectivity index (χ1v) is 10.7. The van der Waals surface area contributed by atoms with Crippen molar-refractivity contribution in [3.8, 4) is 0 Å². The smallest absolute Gasteiger partial charge is 0.355 e. The number of hydrogen-bond acceptors (Lipinski definition) is 10. The summed E-state index contributed by atoms with van der Waals surface area (Å²) in [6, 6.07) is 0. The molecular formula is C21H33FO10. The van der Waals surface area contributed by atoms with Crippen molar-refractivity contribution in [3.63, 3.8) is 0 Å². The van der Waals surface area contributed by atoms with Crippen molar-refractivity contribution in [2.45, 2.75) is 84.7 Å². The number of hydrogen-bond donors (Lipinski definition) is 0. The maximum atomic E-state index is 15.2. The third kappa shape index (κ3) is 7.13. The minimum Gasteiger partial charge on any atom is -0.463 e. The number of alkyl halides is 1. The van der Waals surface area contributed by atoms with Gasteiger partial charge in [0.2, 0.25) is 0 Å². The van der Waals surface area contributed by atoms with Crippen LogP contribution in [-0.2, 0) is 47.6 Å². The van der Waals surface area contributed by atoms with Crippen LogP contribution in [0.25, 0.3) is 0 Å². The predicted octanol–water partition coefficient (Wildman–Crippen LogP) is 1.86. The van der Waals surface area contributed by atoms with Gasteiger partial charge in [0.05, 0.1) is 25.9 Å². The summed E-state index contributed by atoms with van der Waals surface area (Å²) in [4.78, 5) is 47.4. The van der Waals surface area contributed by atoms with E-state index in [0.29, 0.717) is 6.42 Å². The highest BCUT2D eigenvalue weighted by molar-refractivity contribution is 6.03. The summed E-state index contributed by atoms with van der Waals surface area (Å²) >= 11 is 0. The molecule has 0 bridgehead atoms. The van der Waals surface area contributed by atoms with Crippen LogP contribution in [0.3, 0.4) is 0 Å². The molecule has 0 aromatic carbocycles. The first kappa shape index (κ1) is 27.8. The van der Waals surface area contributed by atoms with Crippen LogP contribution in [0.1, 0.15) is 54.4 Å². The van der Waals surface area contributed by atoms with Crippen LogP contribution < -0.4 is 0 Å². The molecule has 184 valence electrons. The molecule has 1 fully saturated rings. The molecule has 0 aliphatic carbocycles. The van der Waals surface area contributed by atoms with E-state index in [9.17, 15) is 19.2 Å². The Morgan fingerprint density at radius 1 is 0.906 bits per heavy atom. The van der Waals surface area contributed by atoms with E-state index < -0.39 is 67.2 Å². The fraction of sp³-hybridized carbons (Fsp3) is 0.810. The number of carbonyl (C=O) groups is 4. The first-order chi connectivity index (χ1) is 15.0. The Morgan fingerprint density at radius 2 is 1.41 bits per heavy atom. The van der Waals surface area contributed by atoms with Crippen molar-refractivity contribution in [3.05, 3.63) is 0 Å². The number of carbonyl (C=O) groups excluding carboxylic acids is 4. The molecule has 0 N–H and O–H groups in total. The molecule has 1 rings (SSSR count). The summed E-state index contributed by atoms with van der Waals surface area (Å²) in [6.45, 7) is 8.23. The number of rotatable bonds is 11. The van der Waals surface area contributed by atoms with Gasteiger partial charge in [-0.1, -0.05) is 13.8 Å². The molecule has 0 spiro atoms. The zero-order chi connectivity index (χ0) is 24.5. The number of halogens is 1. The maximum Gasteiger partial charge on any atom is 0.355 e. The van der Waals surface area contributed by atoms with Crippen LogP contribution in [0.4, 0.5) is 4.39 Å².